The number of aryl methyl sites for hydroxylation is 1. The highest BCUT2D eigenvalue weighted by Gasteiger charge is 2.43. The number of ether oxygens (including phenoxy) is 2. The number of hydrogen-bond donors (Lipinski definition) is 2. The summed E-state index contributed by atoms with van der Waals surface area (Å²) in [5.41, 5.74) is 2.53. The first-order valence-electron chi connectivity index (χ1n) is 11.9. The summed E-state index contributed by atoms with van der Waals surface area (Å²) in [6, 6.07) is 17.0. The van der Waals surface area contributed by atoms with Crippen LogP contribution in [0.25, 0.3) is 11.1 Å². The van der Waals surface area contributed by atoms with E-state index in [1.165, 1.54) is 0 Å². The van der Waals surface area contributed by atoms with E-state index >= 15 is 0 Å². The van der Waals surface area contributed by atoms with Crippen LogP contribution in [0.1, 0.15) is 50.3 Å². The molecule has 188 valence electrons. The summed E-state index contributed by atoms with van der Waals surface area (Å²) in [6.45, 7) is 7.79. The molecule has 36 heavy (non-hydrogen) atoms. The van der Waals surface area contributed by atoms with Gasteiger partial charge in [-0.05, 0) is 56.0 Å². The van der Waals surface area contributed by atoms with Crippen LogP contribution in [-0.4, -0.2) is 42.4 Å². The number of carbonyl (C=O) groups is 2. The number of nitrogens with one attached hydrogen (secondary N) is 2. The van der Waals surface area contributed by atoms with Crippen molar-refractivity contribution in [1.29, 1.82) is 10.5 Å². The van der Waals surface area contributed by atoms with E-state index in [1.807, 2.05) is 43.3 Å². The van der Waals surface area contributed by atoms with Crippen LogP contribution in [0, 0.1) is 29.6 Å². The lowest BCUT2D eigenvalue weighted by Crippen LogP contribution is -2.63. The van der Waals surface area contributed by atoms with E-state index in [0.29, 0.717) is 25.2 Å². The average molecular weight is 489 g/mol. The molecular formula is C28H32N4O4. The first-order chi connectivity index (χ1) is 17.0. The lowest BCUT2D eigenvalue weighted by molar-refractivity contribution is -0.132. The Morgan fingerprint density at radius 3 is 2.28 bits per heavy atom. The van der Waals surface area contributed by atoms with Gasteiger partial charge in [-0.2, -0.15) is 10.5 Å². The fourth-order valence-corrected chi connectivity index (χ4v) is 4.09. The Hall–Kier alpha value is -3.88. The molecule has 0 saturated carbocycles. The molecule has 8 nitrogen and oxygen atoms in total. The number of benzene rings is 2. The molecule has 2 aromatic rings. The largest absolute Gasteiger partial charge is 0.444 e. The van der Waals surface area contributed by atoms with E-state index < -0.39 is 29.2 Å². The minimum Gasteiger partial charge on any atom is -0.444 e. The van der Waals surface area contributed by atoms with Crippen LogP contribution in [-0.2, 0) is 20.7 Å². The van der Waals surface area contributed by atoms with Crippen LogP contribution in [0.15, 0.2) is 42.5 Å². The van der Waals surface area contributed by atoms with E-state index in [1.54, 1.807) is 26.8 Å². The maximum absolute atomic E-state index is 13.3. The van der Waals surface area contributed by atoms with E-state index in [2.05, 4.69) is 22.8 Å². The van der Waals surface area contributed by atoms with Gasteiger partial charge < -0.3 is 20.1 Å². The topological polar surface area (TPSA) is 124 Å². The van der Waals surface area contributed by atoms with Gasteiger partial charge >= 0.3 is 6.09 Å². The van der Waals surface area contributed by atoms with Crippen molar-refractivity contribution in [1.82, 2.24) is 10.6 Å². The van der Waals surface area contributed by atoms with Gasteiger partial charge in [0.15, 0.2) is 0 Å². The number of amides is 2. The van der Waals surface area contributed by atoms with Gasteiger partial charge in [-0.25, -0.2) is 4.79 Å². The summed E-state index contributed by atoms with van der Waals surface area (Å²) in [4.78, 5) is 25.7. The SMILES string of the molecule is Cc1cc(-c2ccc(C[C@@H](C#N)NC(=O)C3(NC(=O)OC(C)(C)C)CCOCC3)cc2)ccc1C#N. The fraction of sp³-hybridized carbons (Fsp3) is 0.429. The van der Waals surface area contributed by atoms with Gasteiger partial charge in [0.1, 0.15) is 17.2 Å². The fourth-order valence-electron chi connectivity index (χ4n) is 4.09. The third-order valence-electron chi connectivity index (χ3n) is 6.06. The summed E-state index contributed by atoms with van der Waals surface area (Å²) in [5, 5.41) is 24.4. The highest BCUT2D eigenvalue weighted by atomic mass is 16.6. The second kappa shape index (κ2) is 11.2. The zero-order valence-electron chi connectivity index (χ0n) is 21.2. The molecule has 0 unspecified atom stereocenters. The minimum atomic E-state index is -1.20. The number of rotatable bonds is 6. The molecule has 1 saturated heterocycles. The first-order valence-corrected chi connectivity index (χ1v) is 11.9. The molecule has 1 heterocycles. The molecule has 2 N–H and O–H groups in total. The molecule has 0 bridgehead atoms. The highest BCUT2D eigenvalue weighted by molar-refractivity contribution is 5.90. The Morgan fingerprint density at radius 1 is 1.08 bits per heavy atom. The molecule has 1 atom stereocenters. The lowest BCUT2D eigenvalue weighted by Gasteiger charge is -2.37. The van der Waals surface area contributed by atoms with E-state index in [4.69, 9.17) is 14.7 Å². The van der Waals surface area contributed by atoms with Gasteiger partial charge in [0.2, 0.25) is 5.91 Å². The normalized spacial score (nSPS) is 15.6. The number of nitriles is 2. The molecule has 2 amide bonds. The van der Waals surface area contributed by atoms with Crippen molar-refractivity contribution in [2.24, 2.45) is 0 Å². The van der Waals surface area contributed by atoms with Gasteiger partial charge in [-0.3, -0.25) is 4.79 Å². The van der Waals surface area contributed by atoms with Gasteiger partial charge in [0.25, 0.3) is 0 Å². The van der Waals surface area contributed by atoms with Gasteiger partial charge in [-0.15, -0.1) is 0 Å². The maximum Gasteiger partial charge on any atom is 0.408 e. The van der Waals surface area contributed by atoms with Crippen LogP contribution in [0.5, 0.6) is 0 Å². The Kier molecular flexibility index (Phi) is 8.34. The van der Waals surface area contributed by atoms with Crippen molar-refractivity contribution >= 4 is 12.0 Å². The predicted molar refractivity (Wildman–Crippen MR) is 135 cm³/mol. The summed E-state index contributed by atoms with van der Waals surface area (Å²) in [5.74, 6) is -0.423. The van der Waals surface area contributed by atoms with Crippen LogP contribution in [0.2, 0.25) is 0 Å². The third-order valence-corrected chi connectivity index (χ3v) is 6.06. The Morgan fingerprint density at radius 2 is 1.72 bits per heavy atom. The van der Waals surface area contributed by atoms with Gasteiger partial charge in [0, 0.05) is 32.5 Å². The van der Waals surface area contributed by atoms with E-state index in [0.717, 1.165) is 22.3 Å². The molecule has 3 rings (SSSR count). The Bertz CT molecular complexity index is 1180. The first kappa shape index (κ1) is 26.7. The monoisotopic (exact) mass is 488 g/mol. The second-order valence-electron chi connectivity index (χ2n) is 10.0. The molecule has 0 radical (unpaired) electrons. The summed E-state index contributed by atoms with van der Waals surface area (Å²) in [7, 11) is 0. The van der Waals surface area contributed by atoms with Crippen LogP contribution < -0.4 is 10.6 Å². The smallest absolute Gasteiger partial charge is 0.408 e. The third kappa shape index (κ3) is 6.84. The Balaban J connectivity index is 1.69. The standard InChI is InChI=1S/C28H32N4O4/c1-19-15-22(9-10-23(19)17-29)21-7-5-20(6-8-21)16-24(18-30)31-25(33)28(11-13-35-14-12-28)32-26(34)36-27(2,3)4/h5-10,15,24H,11-14,16H2,1-4H3,(H,31,33)(H,32,34)/t24-/m0/s1. The molecule has 1 aliphatic rings. The van der Waals surface area contributed by atoms with Gasteiger partial charge in [0.05, 0.1) is 17.7 Å². The summed E-state index contributed by atoms with van der Waals surface area (Å²) in [6.07, 6.45) is 0.208. The van der Waals surface area contributed by atoms with Crippen LogP contribution in [0.3, 0.4) is 0 Å². The maximum atomic E-state index is 13.3. The van der Waals surface area contributed by atoms with Crippen molar-refractivity contribution in [2.75, 3.05) is 13.2 Å². The minimum absolute atomic E-state index is 0.287. The lowest BCUT2D eigenvalue weighted by atomic mass is 9.88. The van der Waals surface area contributed by atoms with Crippen molar-refractivity contribution in [3.63, 3.8) is 0 Å². The van der Waals surface area contributed by atoms with Crippen molar-refractivity contribution in [3.05, 3.63) is 59.2 Å². The van der Waals surface area contributed by atoms with E-state index in [9.17, 15) is 14.9 Å². The van der Waals surface area contributed by atoms with Gasteiger partial charge in [-0.1, -0.05) is 36.4 Å². The predicted octanol–water partition coefficient (Wildman–Crippen LogP) is 4.16. The van der Waals surface area contributed by atoms with Crippen molar-refractivity contribution in [3.8, 4) is 23.3 Å². The number of hydrogen-bond acceptors (Lipinski definition) is 6. The molecule has 0 aromatic heterocycles. The van der Waals surface area contributed by atoms with E-state index in [-0.39, 0.29) is 12.8 Å². The summed E-state index contributed by atoms with van der Waals surface area (Å²) < 4.78 is 10.8. The molecule has 1 aliphatic heterocycles. The molecule has 2 aromatic carbocycles. The van der Waals surface area contributed by atoms with Crippen LogP contribution >= 0.6 is 0 Å². The highest BCUT2D eigenvalue weighted by Crippen LogP contribution is 2.24. The zero-order chi connectivity index (χ0) is 26.3. The molecule has 8 heteroatoms. The number of alkyl carbamates (subject to hydrolysis) is 1. The molecule has 0 spiro atoms. The van der Waals surface area contributed by atoms with Crippen molar-refractivity contribution in [2.45, 2.75) is 64.1 Å². The number of carbonyl (C=O) groups excluding carboxylic acids is 2. The number of nitrogens with zero attached hydrogens (tertiary/aromatic N) is 2. The van der Waals surface area contributed by atoms with Crippen molar-refractivity contribution < 1.29 is 19.1 Å². The summed E-state index contributed by atoms with van der Waals surface area (Å²) >= 11 is 0. The second-order valence-corrected chi connectivity index (χ2v) is 10.0. The molecule has 1 fully saturated rings. The van der Waals surface area contributed by atoms with Crippen LogP contribution in [0.4, 0.5) is 4.79 Å². The Labute approximate surface area is 212 Å². The quantitative estimate of drug-likeness (QED) is 0.629. The average Bonchev–Trinajstić information content (AvgIpc) is 2.83. The zero-order valence-corrected chi connectivity index (χ0v) is 21.2. The molecular weight excluding hydrogens is 456 g/mol. The molecule has 0 aliphatic carbocycles.